The summed E-state index contributed by atoms with van der Waals surface area (Å²) in [6.45, 7) is 1.92. The number of sulfone groups is 1. The average molecular weight is 379 g/mol. The first-order valence-electron chi connectivity index (χ1n) is 8.26. The highest BCUT2D eigenvalue weighted by Crippen LogP contribution is 2.24. The minimum atomic E-state index is -3.29. The van der Waals surface area contributed by atoms with E-state index in [1.54, 1.807) is 28.9 Å². The van der Waals surface area contributed by atoms with Crippen molar-refractivity contribution in [2.24, 2.45) is 0 Å². The van der Waals surface area contributed by atoms with Gasteiger partial charge in [-0.25, -0.2) is 12.9 Å². The summed E-state index contributed by atoms with van der Waals surface area (Å²) in [6.07, 6.45) is 2.91. The number of aromatic nitrogens is 4. The van der Waals surface area contributed by atoms with E-state index < -0.39 is 9.84 Å². The molecular formula is C19H17N5O2S. The van der Waals surface area contributed by atoms with Gasteiger partial charge in [-0.15, -0.1) is 5.10 Å². The summed E-state index contributed by atoms with van der Waals surface area (Å²) >= 11 is 0. The smallest absolute Gasteiger partial charge is 0.247 e. The van der Waals surface area contributed by atoms with Crippen LogP contribution >= 0.6 is 0 Å². The number of rotatable bonds is 4. The molecule has 0 aliphatic rings. The molecule has 0 atom stereocenters. The Morgan fingerprint density at radius 2 is 1.85 bits per heavy atom. The van der Waals surface area contributed by atoms with Crippen molar-refractivity contribution >= 4 is 27.1 Å². The summed E-state index contributed by atoms with van der Waals surface area (Å²) in [7, 11) is -3.29. The Kier molecular flexibility index (Phi) is 4.12. The van der Waals surface area contributed by atoms with Crippen molar-refractivity contribution in [3.05, 3.63) is 66.5 Å². The van der Waals surface area contributed by atoms with E-state index in [9.17, 15) is 8.42 Å². The SMILES string of the molecule is Cc1ccc(Nc2nc3cccc(-c4cccc(S(C)(=O)=O)c4)n3n2)cn1. The van der Waals surface area contributed by atoms with Crippen molar-refractivity contribution in [2.75, 3.05) is 11.6 Å². The molecule has 0 fully saturated rings. The highest BCUT2D eigenvalue weighted by molar-refractivity contribution is 7.90. The van der Waals surface area contributed by atoms with Crippen molar-refractivity contribution < 1.29 is 8.42 Å². The molecule has 0 radical (unpaired) electrons. The number of hydrogen-bond donors (Lipinski definition) is 1. The molecule has 4 aromatic rings. The predicted octanol–water partition coefficient (Wildman–Crippen LogP) is 3.25. The molecule has 3 aromatic heterocycles. The predicted molar refractivity (Wildman–Crippen MR) is 104 cm³/mol. The molecule has 0 bridgehead atoms. The Morgan fingerprint density at radius 1 is 1.04 bits per heavy atom. The normalized spacial score (nSPS) is 11.6. The summed E-state index contributed by atoms with van der Waals surface area (Å²) in [5.41, 5.74) is 3.87. The van der Waals surface area contributed by atoms with Gasteiger partial charge in [-0.1, -0.05) is 18.2 Å². The zero-order chi connectivity index (χ0) is 19.0. The van der Waals surface area contributed by atoms with Crippen LogP contribution in [-0.4, -0.2) is 34.3 Å². The first-order chi connectivity index (χ1) is 12.9. The van der Waals surface area contributed by atoms with Crippen molar-refractivity contribution in [3.63, 3.8) is 0 Å². The van der Waals surface area contributed by atoms with Gasteiger partial charge in [0.25, 0.3) is 0 Å². The fraction of sp³-hybridized carbons (Fsp3) is 0.105. The molecule has 1 aromatic carbocycles. The third-order valence-corrected chi connectivity index (χ3v) is 5.20. The molecule has 0 amide bonds. The topological polar surface area (TPSA) is 89.2 Å². The van der Waals surface area contributed by atoms with Gasteiger partial charge in [-0.05, 0) is 43.3 Å². The number of fused-ring (bicyclic) bond motifs is 1. The quantitative estimate of drug-likeness (QED) is 0.585. The van der Waals surface area contributed by atoms with Crippen LogP contribution in [0, 0.1) is 6.92 Å². The van der Waals surface area contributed by atoms with Gasteiger partial charge in [0.15, 0.2) is 15.5 Å². The van der Waals surface area contributed by atoms with Crippen LogP contribution in [0.3, 0.4) is 0 Å². The highest BCUT2D eigenvalue weighted by Gasteiger charge is 2.12. The van der Waals surface area contributed by atoms with E-state index in [1.165, 1.54) is 6.26 Å². The molecule has 3 heterocycles. The molecule has 0 unspecified atom stereocenters. The van der Waals surface area contributed by atoms with Crippen LogP contribution in [0.25, 0.3) is 16.9 Å². The number of nitrogens with one attached hydrogen (secondary N) is 1. The van der Waals surface area contributed by atoms with E-state index in [4.69, 9.17) is 0 Å². The molecule has 1 N–H and O–H groups in total. The standard InChI is InChI=1S/C19H17N5O2S/c1-13-9-10-15(12-20-13)21-19-22-18-8-4-7-17(24(18)23-19)14-5-3-6-16(11-14)27(2,25)26/h3-12H,1-2H3,(H,21,23). The second-order valence-corrected chi connectivity index (χ2v) is 8.25. The van der Waals surface area contributed by atoms with Crippen LogP contribution in [0.1, 0.15) is 5.69 Å². The first kappa shape index (κ1) is 17.2. The number of nitrogens with zero attached hydrogens (tertiary/aromatic N) is 4. The number of aryl methyl sites for hydroxylation is 1. The van der Waals surface area contributed by atoms with Crippen LogP contribution in [-0.2, 0) is 9.84 Å². The fourth-order valence-electron chi connectivity index (χ4n) is 2.73. The van der Waals surface area contributed by atoms with Crippen LogP contribution in [0.5, 0.6) is 0 Å². The summed E-state index contributed by atoms with van der Waals surface area (Å²) in [6, 6.07) is 16.2. The molecular weight excluding hydrogens is 362 g/mol. The van der Waals surface area contributed by atoms with E-state index in [2.05, 4.69) is 20.4 Å². The molecule has 0 saturated heterocycles. The van der Waals surface area contributed by atoms with Crippen molar-refractivity contribution in [2.45, 2.75) is 11.8 Å². The Morgan fingerprint density at radius 3 is 2.59 bits per heavy atom. The Balaban J connectivity index is 1.77. The van der Waals surface area contributed by atoms with Gasteiger partial charge in [0.1, 0.15) is 0 Å². The minimum Gasteiger partial charge on any atom is -0.321 e. The molecule has 4 rings (SSSR count). The lowest BCUT2D eigenvalue weighted by Gasteiger charge is -2.06. The van der Waals surface area contributed by atoms with Crippen LogP contribution in [0.2, 0.25) is 0 Å². The summed E-state index contributed by atoms with van der Waals surface area (Å²) in [4.78, 5) is 8.99. The Bertz CT molecular complexity index is 1230. The van der Waals surface area contributed by atoms with E-state index >= 15 is 0 Å². The van der Waals surface area contributed by atoms with E-state index in [1.807, 2.05) is 43.3 Å². The van der Waals surface area contributed by atoms with Gasteiger partial charge < -0.3 is 5.32 Å². The van der Waals surface area contributed by atoms with Crippen LogP contribution in [0.15, 0.2) is 65.7 Å². The number of pyridine rings is 2. The second kappa shape index (κ2) is 6.48. The third-order valence-electron chi connectivity index (χ3n) is 4.09. The molecule has 8 heteroatoms. The summed E-state index contributed by atoms with van der Waals surface area (Å²) in [5, 5.41) is 7.65. The molecule has 136 valence electrons. The number of benzene rings is 1. The Labute approximate surface area is 156 Å². The molecule has 27 heavy (non-hydrogen) atoms. The highest BCUT2D eigenvalue weighted by atomic mass is 32.2. The monoisotopic (exact) mass is 379 g/mol. The third kappa shape index (κ3) is 3.52. The van der Waals surface area contributed by atoms with Gasteiger partial charge in [0.2, 0.25) is 5.95 Å². The maximum atomic E-state index is 11.9. The summed E-state index contributed by atoms with van der Waals surface area (Å²) in [5.74, 6) is 0.437. The zero-order valence-electron chi connectivity index (χ0n) is 14.8. The van der Waals surface area contributed by atoms with Gasteiger partial charge >= 0.3 is 0 Å². The largest absolute Gasteiger partial charge is 0.321 e. The van der Waals surface area contributed by atoms with E-state index in [0.29, 0.717) is 11.6 Å². The van der Waals surface area contributed by atoms with E-state index in [-0.39, 0.29) is 4.90 Å². The van der Waals surface area contributed by atoms with Gasteiger partial charge in [0, 0.05) is 17.5 Å². The van der Waals surface area contributed by atoms with Gasteiger partial charge in [0.05, 0.1) is 22.5 Å². The average Bonchev–Trinajstić information content (AvgIpc) is 3.05. The van der Waals surface area contributed by atoms with Gasteiger partial charge in [-0.3, -0.25) is 4.98 Å². The van der Waals surface area contributed by atoms with E-state index in [0.717, 1.165) is 22.6 Å². The van der Waals surface area contributed by atoms with Crippen molar-refractivity contribution in [1.29, 1.82) is 0 Å². The lowest BCUT2D eigenvalue weighted by Crippen LogP contribution is -1.99. The Hall–Kier alpha value is -3.26. The van der Waals surface area contributed by atoms with Crippen molar-refractivity contribution in [1.82, 2.24) is 19.6 Å². The maximum Gasteiger partial charge on any atom is 0.247 e. The molecule has 0 aliphatic carbocycles. The maximum absolute atomic E-state index is 11.9. The molecule has 7 nitrogen and oxygen atoms in total. The molecule has 0 aliphatic heterocycles. The number of anilines is 2. The lowest BCUT2D eigenvalue weighted by atomic mass is 10.1. The zero-order valence-corrected chi connectivity index (χ0v) is 15.6. The van der Waals surface area contributed by atoms with Crippen molar-refractivity contribution in [3.8, 4) is 11.3 Å². The second-order valence-electron chi connectivity index (χ2n) is 6.23. The van der Waals surface area contributed by atoms with Gasteiger partial charge in [-0.2, -0.15) is 4.98 Å². The first-order valence-corrected chi connectivity index (χ1v) is 10.2. The minimum absolute atomic E-state index is 0.265. The van der Waals surface area contributed by atoms with Crippen LogP contribution in [0.4, 0.5) is 11.6 Å². The molecule has 0 saturated carbocycles. The number of hydrogen-bond acceptors (Lipinski definition) is 6. The molecule has 0 spiro atoms. The lowest BCUT2D eigenvalue weighted by molar-refractivity contribution is 0.602. The van der Waals surface area contributed by atoms with Crippen LogP contribution < -0.4 is 5.32 Å². The summed E-state index contributed by atoms with van der Waals surface area (Å²) < 4.78 is 25.4. The fourth-order valence-corrected chi connectivity index (χ4v) is 3.40.